The van der Waals surface area contributed by atoms with Gasteiger partial charge < -0.3 is 18.9 Å². The first kappa shape index (κ1) is 13.4. The molecule has 0 N–H and O–H groups in total. The predicted molar refractivity (Wildman–Crippen MR) is 97.2 cm³/mol. The van der Waals surface area contributed by atoms with Crippen molar-refractivity contribution >= 4 is 10.8 Å². The Morgan fingerprint density at radius 3 is 2.28 bits per heavy atom. The minimum Gasteiger partial charge on any atom is -0.493 e. The topological polar surface area (TPSA) is 49.8 Å². The van der Waals surface area contributed by atoms with Crippen LogP contribution in [0.3, 0.4) is 0 Å². The van der Waals surface area contributed by atoms with Crippen LogP contribution in [0.15, 0.2) is 42.6 Å². The molecule has 3 rings (SSSR count). The van der Waals surface area contributed by atoms with Gasteiger partial charge in [0.1, 0.15) is 0 Å². The van der Waals surface area contributed by atoms with E-state index in [2.05, 4.69) is 4.98 Å². The van der Waals surface area contributed by atoms with Gasteiger partial charge in [0.25, 0.3) is 0 Å². The molecular weight excluding hydrogens is 318 g/mol. The molecule has 130 valence electrons. The Hall–Kier alpha value is -2.95. The maximum Gasteiger partial charge on any atom is 0.161 e. The fourth-order valence-corrected chi connectivity index (χ4v) is 2.80. The number of benzene rings is 2. The number of hydrogen-bond donors (Lipinski definition) is 0. The second-order valence-electron chi connectivity index (χ2n) is 5.45. The van der Waals surface area contributed by atoms with Crippen LogP contribution in [0, 0.1) is 0 Å². The molecule has 0 saturated heterocycles. The average Bonchev–Trinajstić information content (AvgIpc) is 2.66. The van der Waals surface area contributed by atoms with Crippen LogP contribution in [0.5, 0.6) is 23.0 Å². The van der Waals surface area contributed by atoms with Crippen molar-refractivity contribution in [2.45, 2.75) is 6.42 Å². The second kappa shape index (κ2) is 7.30. The summed E-state index contributed by atoms with van der Waals surface area (Å²) in [5, 5.41) is 1.66. The largest absolute Gasteiger partial charge is 0.493 e. The lowest BCUT2D eigenvalue weighted by Crippen LogP contribution is -1.97. The Morgan fingerprint density at radius 2 is 1.56 bits per heavy atom. The van der Waals surface area contributed by atoms with Crippen molar-refractivity contribution in [1.82, 2.24) is 4.98 Å². The molecule has 2 aromatic carbocycles. The Balaban J connectivity index is 2.03. The van der Waals surface area contributed by atoms with E-state index in [1.165, 1.54) is 7.11 Å². The van der Waals surface area contributed by atoms with Gasteiger partial charge >= 0.3 is 0 Å². The lowest BCUT2D eigenvalue weighted by Gasteiger charge is -2.12. The maximum atomic E-state index is 7.33. The van der Waals surface area contributed by atoms with E-state index < -0.39 is 7.04 Å². The quantitative estimate of drug-likeness (QED) is 0.681. The fraction of sp³-hybridized carbons (Fsp3) is 0.250. The van der Waals surface area contributed by atoms with Gasteiger partial charge in [0.05, 0.1) is 38.2 Å². The van der Waals surface area contributed by atoms with Crippen LogP contribution in [0.1, 0.15) is 15.4 Å². The van der Waals surface area contributed by atoms with Gasteiger partial charge in [0, 0.05) is 18.0 Å². The number of pyridine rings is 1. The first-order valence-electron chi connectivity index (χ1n) is 9.20. The van der Waals surface area contributed by atoms with Gasteiger partial charge in [-0.1, -0.05) is 6.07 Å². The van der Waals surface area contributed by atoms with Crippen LogP contribution >= 0.6 is 0 Å². The van der Waals surface area contributed by atoms with Gasteiger partial charge in [-0.15, -0.1) is 0 Å². The predicted octanol–water partition coefficient (Wildman–Crippen LogP) is 3.86. The summed E-state index contributed by atoms with van der Waals surface area (Å²) >= 11 is 0. The third kappa shape index (κ3) is 3.31. The monoisotopic (exact) mass is 342 g/mol. The Labute approximate surface area is 151 Å². The third-order valence-corrected chi connectivity index (χ3v) is 4.06. The molecule has 0 bridgehead atoms. The number of rotatable bonds is 6. The summed E-state index contributed by atoms with van der Waals surface area (Å²) in [5.41, 5.74) is 1.82. The molecule has 0 atom stereocenters. The van der Waals surface area contributed by atoms with Gasteiger partial charge in [0.2, 0.25) is 0 Å². The fourth-order valence-electron chi connectivity index (χ4n) is 2.80. The van der Waals surface area contributed by atoms with Crippen LogP contribution in [0.25, 0.3) is 10.8 Å². The first-order valence-corrected chi connectivity index (χ1v) is 7.70. The second-order valence-corrected chi connectivity index (χ2v) is 5.45. The van der Waals surface area contributed by atoms with Crippen LogP contribution in [-0.2, 0) is 6.42 Å². The number of ether oxygens (including phenoxy) is 4. The zero-order chi connectivity index (χ0) is 20.3. The zero-order valence-electron chi connectivity index (χ0n) is 17.3. The van der Waals surface area contributed by atoms with Crippen molar-refractivity contribution in [2.75, 3.05) is 28.4 Å². The van der Waals surface area contributed by atoms with Crippen molar-refractivity contribution in [3.05, 3.63) is 53.9 Å². The number of fused-ring (bicyclic) bond motifs is 1. The lowest BCUT2D eigenvalue weighted by molar-refractivity contribution is 0.354. The minimum absolute atomic E-state index is 0.165. The molecule has 0 amide bonds. The highest BCUT2D eigenvalue weighted by molar-refractivity contribution is 5.88. The molecule has 1 aromatic heterocycles. The van der Waals surface area contributed by atoms with Crippen LogP contribution in [0.2, 0.25) is 0 Å². The smallest absolute Gasteiger partial charge is 0.161 e. The van der Waals surface area contributed by atoms with Crippen LogP contribution in [-0.4, -0.2) is 33.4 Å². The molecule has 0 unspecified atom stereocenters. The average molecular weight is 342 g/mol. The van der Waals surface area contributed by atoms with Gasteiger partial charge in [-0.25, -0.2) is 0 Å². The van der Waals surface area contributed by atoms with Gasteiger partial charge in [-0.2, -0.15) is 0 Å². The number of hydrogen-bond acceptors (Lipinski definition) is 5. The van der Waals surface area contributed by atoms with E-state index in [9.17, 15) is 0 Å². The standard InChI is InChI=1S/C20H21NO4/c1-22-17-6-5-13(10-18(17)23-2)9-16-15-12-20(25-4)19(24-3)11-14(15)7-8-21-16/h5-8,10-12H,9H2,1-4H3/i3D3. The number of nitrogens with zero attached hydrogens (tertiary/aromatic N) is 1. The van der Waals surface area contributed by atoms with Crippen molar-refractivity contribution in [3.63, 3.8) is 0 Å². The van der Waals surface area contributed by atoms with E-state index >= 15 is 0 Å². The summed E-state index contributed by atoms with van der Waals surface area (Å²) in [6, 6.07) is 10.9. The SMILES string of the molecule is [2H]C([2H])([2H])Oc1cc2ccnc(Cc3ccc(OC)c(OC)c3)c2cc1OC. The van der Waals surface area contributed by atoms with Crippen molar-refractivity contribution < 1.29 is 23.1 Å². The zero-order valence-corrected chi connectivity index (χ0v) is 14.3. The van der Waals surface area contributed by atoms with E-state index in [-0.39, 0.29) is 5.75 Å². The highest BCUT2D eigenvalue weighted by Gasteiger charge is 2.11. The lowest BCUT2D eigenvalue weighted by atomic mass is 10.0. The molecule has 0 aliphatic carbocycles. The highest BCUT2D eigenvalue weighted by Crippen LogP contribution is 2.34. The molecule has 0 fully saturated rings. The van der Waals surface area contributed by atoms with E-state index in [1.54, 1.807) is 38.6 Å². The summed E-state index contributed by atoms with van der Waals surface area (Å²) < 4.78 is 43.0. The summed E-state index contributed by atoms with van der Waals surface area (Å²) in [5.74, 6) is 1.81. The molecule has 0 aliphatic rings. The molecular formula is C20H21NO4. The molecule has 3 aromatic rings. The van der Waals surface area contributed by atoms with Gasteiger partial charge in [-0.05, 0) is 41.3 Å². The molecule has 0 saturated carbocycles. The molecule has 5 nitrogen and oxygen atoms in total. The van der Waals surface area contributed by atoms with E-state index in [4.69, 9.17) is 23.1 Å². The van der Waals surface area contributed by atoms with Crippen molar-refractivity contribution in [2.24, 2.45) is 0 Å². The molecule has 0 spiro atoms. The molecule has 1 heterocycles. The summed E-state index contributed by atoms with van der Waals surface area (Å²) in [4.78, 5) is 4.50. The molecule has 5 heteroatoms. The van der Waals surface area contributed by atoms with Crippen molar-refractivity contribution in [3.8, 4) is 23.0 Å². The summed E-state index contributed by atoms with van der Waals surface area (Å²) in [6.45, 7) is 0. The Kier molecular flexibility index (Phi) is 3.90. The van der Waals surface area contributed by atoms with Crippen LogP contribution in [0.4, 0.5) is 0 Å². The normalized spacial score (nSPS) is 12.8. The van der Waals surface area contributed by atoms with Gasteiger partial charge in [-0.3, -0.25) is 4.98 Å². The molecule has 0 aliphatic heterocycles. The number of aromatic nitrogens is 1. The van der Waals surface area contributed by atoms with E-state index in [0.717, 1.165) is 22.0 Å². The third-order valence-electron chi connectivity index (χ3n) is 4.06. The molecule has 0 radical (unpaired) electrons. The van der Waals surface area contributed by atoms with E-state index in [0.29, 0.717) is 23.7 Å². The summed E-state index contributed by atoms with van der Waals surface area (Å²) in [6.07, 6.45) is 2.24. The summed E-state index contributed by atoms with van der Waals surface area (Å²) in [7, 11) is 2.10. The Bertz CT molecular complexity index is 989. The minimum atomic E-state index is -2.56. The van der Waals surface area contributed by atoms with Gasteiger partial charge in [0.15, 0.2) is 23.0 Å². The Morgan fingerprint density at radius 1 is 0.840 bits per heavy atom. The molecule has 25 heavy (non-hydrogen) atoms. The van der Waals surface area contributed by atoms with E-state index in [1.807, 2.05) is 18.2 Å². The van der Waals surface area contributed by atoms with Crippen LogP contribution < -0.4 is 18.9 Å². The maximum absolute atomic E-state index is 7.33. The highest BCUT2D eigenvalue weighted by atomic mass is 16.5. The number of methoxy groups -OCH3 is 4. The van der Waals surface area contributed by atoms with Crippen molar-refractivity contribution in [1.29, 1.82) is 0 Å². The first-order chi connectivity index (χ1) is 13.3.